The Labute approximate surface area is 119 Å². The maximum Gasteiger partial charge on any atom is 0.145 e. The van der Waals surface area contributed by atoms with E-state index in [-0.39, 0.29) is 11.7 Å². The van der Waals surface area contributed by atoms with E-state index in [1.54, 1.807) is 19.1 Å². The van der Waals surface area contributed by atoms with Crippen LogP contribution < -0.4 is 0 Å². The molecule has 1 saturated heterocycles. The molecule has 0 radical (unpaired) electrons. The number of benzene rings is 1. The van der Waals surface area contributed by atoms with Gasteiger partial charge in [-0.2, -0.15) is 5.26 Å². The number of likely N-dealkylation sites (tertiary alicyclic amines) is 1. The molecule has 0 spiro atoms. The van der Waals surface area contributed by atoms with Crippen LogP contribution in [-0.2, 0) is 6.54 Å². The largest absolute Gasteiger partial charge is 0.393 e. The van der Waals surface area contributed by atoms with E-state index in [9.17, 15) is 9.50 Å². The average molecular weight is 276 g/mol. The fourth-order valence-electron chi connectivity index (χ4n) is 2.94. The first-order valence-corrected chi connectivity index (χ1v) is 7.21. The van der Waals surface area contributed by atoms with Crippen LogP contribution in [0.2, 0.25) is 0 Å². The second-order valence-electron chi connectivity index (χ2n) is 5.60. The third kappa shape index (κ3) is 3.56. The molecule has 2 unspecified atom stereocenters. The highest BCUT2D eigenvalue weighted by atomic mass is 19.1. The first-order chi connectivity index (χ1) is 9.61. The van der Waals surface area contributed by atoms with Gasteiger partial charge in [-0.15, -0.1) is 0 Å². The molecule has 1 aliphatic heterocycles. The molecule has 1 aromatic carbocycles. The van der Waals surface area contributed by atoms with Gasteiger partial charge in [0, 0.05) is 18.2 Å². The maximum absolute atomic E-state index is 14.1. The normalized spacial score (nSPS) is 21.4. The Balaban J connectivity index is 2.13. The summed E-state index contributed by atoms with van der Waals surface area (Å²) in [7, 11) is 0. The summed E-state index contributed by atoms with van der Waals surface area (Å²) in [4.78, 5) is 2.23. The molecule has 0 saturated carbocycles. The molecule has 1 heterocycles. The van der Waals surface area contributed by atoms with Crippen LogP contribution in [0.15, 0.2) is 18.2 Å². The van der Waals surface area contributed by atoms with E-state index in [0.29, 0.717) is 18.2 Å². The first kappa shape index (κ1) is 15.0. The highest BCUT2D eigenvalue weighted by Gasteiger charge is 2.24. The lowest BCUT2D eigenvalue weighted by Gasteiger charge is -2.36. The number of hydrogen-bond acceptors (Lipinski definition) is 3. The molecule has 0 amide bonds. The predicted octanol–water partition coefficient (Wildman–Crippen LogP) is 2.82. The number of nitrogens with zero attached hydrogens (tertiary/aromatic N) is 2. The highest BCUT2D eigenvalue weighted by molar-refractivity contribution is 5.34. The Morgan fingerprint density at radius 3 is 3.00 bits per heavy atom. The van der Waals surface area contributed by atoms with Gasteiger partial charge in [-0.25, -0.2) is 4.39 Å². The fraction of sp³-hybridized carbons (Fsp3) is 0.562. The van der Waals surface area contributed by atoms with Crippen molar-refractivity contribution in [3.8, 4) is 6.07 Å². The van der Waals surface area contributed by atoms with Gasteiger partial charge in [-0.3, -0.25) is 4.90 Å². The number of aliphatic hydroxyl groups is 1. The van der Waals surface area contributed by atoms with E-state index in [1.165, 1.54) is 6.07 Å². The highest BCUT2D eigenvalue weighted by Crippen LogP contribution is 2.24. The summed E-state index contributed by atoms with van der Waals surface area (Å²) < 4.78 is 14.1. The van der Waals surface area contributed by atoms with Gasteiger partial charge in [-0.1, -0.05) is 18.6 Å². The van der Waals surface area contributed by atoms with E-state index in [4.69, 9.17) is 5.26 Å². The van der Waals surface area contributed by atoms with Crippen LogP contribution in [0.1, 0.15) is 43.7 Å². The summed E-state index contributed by atoms with van der Waals surface area (Å²) in [5.41, 5.74) is 0.674. The molecule has 4 heteroatoms. The van der Waals surface area contributed by atoms with E-state index < -0.39 is 5.82 Å². The van der Waals surface area contributed by atoms with Gasteiger partial charge in [-0.05, 0) is 38.8 Å². The predicted molar refractivity (Wildman–Crippen MR) is 75.5 cm³/mol. The third-order valence-electron chi connectivity index (χ3n) is 3.93. The van der Waals surface area contributed by atoms with E-state index in [2.05, 4.69) is 4.90 Å². The summed E-state index contributed by atoms with van der Waals surface area (Å²) in [6.07, 6.45) is 3.70. The summed E-state index contributed by atoms with van der Waals surface area (Å²) in [5, 5.41) is 18.5. The van der Waals surface area contributed by atoms with Crippen molar-refractivity contribution in [2.24, 2.45) is 0 Å². The van der Waals surface area contributed by atoms with Crippen molar-refractivity contribution in [1.82, 2.24) is 4.90 Å². The molecule has 0 bridgehead atoms. The zero-order valence-corrected chi connectivity index (χ0v) is 11.8. The van der Waals surface area contributed by atoms with Crippen molar-refractivity contribution in [3.63, 3.8) is 0 Å². The summed E-state index contributed by atoms with van der Waals surface area (Å²) in [5.74, 6) is -0.406. The molecule has 0 aromatic heterocycles. The number of piperidine rings is 1. The third-order valence-corrected chi connectivity index (χ3v) is 3.93. The minimum atomic E-state index is -0.406. The molecule has 1 aromatic rings. The van der Waals surface area contributed by atoms with Crippen LogP contribution >= 0.6 is 0 Å². The molecule has 3 nitrogen and oxygen atoms in total. The molecule has 1 fully saturated rings. The second-order valence-corrected chi connectivity index (χ2v) is 5.60. The van der Waals surface area contributed by atoms with Crippen molar-refractivity contribution in [2.75, 3.05) is 6.54 Å². The van der Waals surface area contributed by atoms with Crippen LogP contribution in [-0.4, -0.2) is 28.7 Å². The molecule has 0 aliphatic carbocycles. The quantitative estimate of drug-likeness (QED) is 0.920. The van der Waals surface area contributed by atoms with Gasteiger partial charge in [0.2, 0.25) is 0 Å². The fourth-order valence-corrected chi connectivity index (χ4v) is 2.94. The molecular weight excluding hydrogens is 255 g/mol. The maximum atomic E-state index is 14.1. The molecule has 1 aliphatic rings. The topological polar surface area (TPSA) is 47.3 Å². The van der Waals surface area contributed by atoms with Crippen LogP contribution in [0.4, 0.5) is 4.39 Å². The molecule has 20 heavy (non-hydrogen) atoms. The Hall–Kier alpha value is -1.44. The molecule has 2 atom stereocenters. The lowest BCUT2D eigenvalue weighted by atomic mass is 9.96. The number of nitriles is 1. The number of hydrogen-bond donors (Lipinski definition) is 1. The van der Waals surface area contributed by atoms with Crippen LogP contribution in [0.3, 0.4) is 0 Å². The van der Waals surface area contributed by atoms with E-state index in [0.717, 1.165) is 32.2 Å². The van der Waals surface area contributed by atoms with Crippen molar-refractivity contribution in [2.45, 2.75) is 51.3 Å². The van der Waals surface area contributed by atoms with Crippen molar-refractivity contribution < 1.29 is 9.50 Å². The monoisotopic (exact) mass is 276 g/mol. The van der Waals surface area contributed by atoms with Gasteiger partial charge < -0.3 is 5.11 Å². The number of rotatable bonds is 4. The molecule has 2 rings (SSSR count). The number of halogens is 1. The minimum absolute atomic E-state index is 0.103. The van der Waals surface area contributed by atoms with Gasteiger partial charge in [0.1, 0.15) is 11.9 Å². The smallest absolute Gasteiger partial charge is 0.145 e. The zero-order chi connectivity index (χ0) is 14.5. The van der Waals surface area contributed by atoms with Crippen molar-refractivity contribution in [3.05, 3.63) is 35.1 Å². The van der Waals surface area contributed by atoms with Gasteiger partial charge in [0.15, 0.2) is 0 Å². The average Bonchev–Trinajstić information content (AvgIpc) is 2.42. The summed E-state index contributed by atoms with van der Waals surface area (Å²) in [6, 6.07) is 7.15. The van der Waals surface area contributed by atoms with Crippen LogP contribution in [0, 0.1) is 17.1 Å². The minimum Gasteiger partial charge on any atom is -0.393 e. The SMILES string of the molecule is CC(O)CC1CCCCN1Cc1cccc(C#N)c1F. The Morgan fingerprint density at radius 1 is 1.50 bits per heavy atom. The lowest BCUT2D eigenvalue weighted by Crippen LogP contribution is -2.40. The summed E-state index contributed by atoms with van der Waals surface area (Å²) in [6.45, 7) is 3.23. The standard InChI is InChI=1S/C16H21FN2O/c1-12(20)9-15-7-2-3-8-19(15)11-14-6-4-5-13(10-18)16(14)17/h4-6,12,15,20H,2-3,7-9,11H2,1H3. The molecule has 108 valence electrons. The number of aliphatic hydroxyl groups excluding tert-OH is 1. The lowest BCUT2D eigenvalue weighted by molar-refractivity contribution is 0.0810. The van der Waals surface area contributed by atoms with Gasteiger partial charge >= 0.3 is 0 Å². The zero-order valence-electron chi connectivity index (χ0n) is 11.8. The summed E-state index contributed by atoms with van der Waals surface area (Å²) >= 11 is 0. The van der Waals surface area contributed by atoms with Gasteiger partial charge in [0.05, 0.1) is 11.7 Å². The second kappa shape index (κ2) is 6.83. The van der Waals surface area contributed by atoms with E-state index >= 15 is 0 Å². The van der Waals surface area contributed by atoms with Crippen molar-refractivity contribution in [1.29, 1.82) is 5.26 Å². The molecule has 1 N–H and O–H groups in total. The van der Waals surface area contributed by atoms with Crippen molar-refractivity contribution >= 4 is 0 Å². The first-order valence-electron chi connectivity index (χ1n) is 7.21. The Kier molecular flexibility index (Phi) is 5.11. The van der Waals surface area contributed by atoms with Gasteiger partial charge in [0.25, 0.3) is 0 Å². The molecular formula is C16H21FN2O. The van der Waals surface area contributed by atoms with E-state index in [1.807, 2.05) is 6.07 Å². The Bertz CT molecular complexity index is 496. The Morgan fingerprint density at radius 2 is 2.30 bits per heavy atom. The van der Waals surface area contributed by atoms with Crippen LogP contribution in [0.25, 0.3) is 0 Å². The van der Waals surface area contributed by atoms with Crippen LogP contribution in [0.5, 0.6) is 0 Å².